The Hall–Kier alpha value is -1.98. The molecule has 24 heavy (non-hydrogen) atoms. The van der Waals surface area contributed by atoms with E-state index in [1.54, 1.807) is 34.8 Å². The smallest absolute Gasteiger partial charge is 0.231 e. The minimum absolute atomic E-state index is 0.0266. The summed E-state index contributed by atoms with van der Waals surface area (Å²) in [5.41, 5.74) is 1.50. The van der Waals surface area contributed by atoms with Crippen molar-refractivity contribution >= 4 is 28.6 Å². The van der Waals surface area contributed by atoms with Gasteiger partial charge in [0.05, 0.1) is 11.5 Å². The second-order valence-corrected chi connectivity index (χ2v) is 7.83. The molecule has 3 aromatic rings. The quantitative estimate of drug-likeness (QED) is 0.692. The second kappa shape index (κ2) is 6.15. The molecule has 1 fully saturated rings. The maximum absolute atomic E-state index is 13.2. The Labute approximate surface area is 148 Å². The largest absolute Gasteiger partial charge is 0.344 e. The van der Waals surface area contributed by atoms with E-state index in [-0.39, 0.29) is 17.8 Å². The highest BCUT2D eigenvalue weighted by molar-refractivity contribution is 7.10. The van der Waals surface area contributed by atoms with Crippen LogP contribution >= 0.6 is 22.7 Å². The molecule has 1 aliphatic carbocycles. The number of thiophene rings is 2. The molecule has 1 aromatic carbocycles. The van der Waals surface area contributed by atoms with E-state index >= 15 is 0 Å². The summed E-state index contributed by atoms with van der Waals surface area (Å²) in [6.07, 6.45) is 1.62. The summed E-state index contributed by atoms with van der Waals surface area (Å²) in [6, 6.07) is 12.3. The lowest BCUT2D eigenvalue weighted by Crippen LogP contribution is -2.37. The van der Waals surface area contributed by atoms with Gasteiger partial charge in [-0.2, -0.15) is 11.3 Å². The third kappa shape index (κ3) is 2.78. The highest BCUT2D eigenvalue weighted by Gasteiger charge is 2.51. The zero-order valence-corrected chi connectivity index (χ0v) is 14.5. The highest BCUT2D eigenvalue weighted by atomic mass is 32.1. The zero-order valence-electron chi connectivity index (χ0n) is 12.9. The van der Waals surface area contributed by atoms with E-state index in [1.165, 1.54) is 12.1 Å². The molecule has 1 amide bonds. The molecule has 1 N–H and O–H groups in total. The number of rotatable bonds is 5. The van der Waals surface area contributed by atoms with E-state index in [0.717, 1.165) is 28.8 Å². The van der Waals surface area contributed by atoms with E-state index in [2.05, 4.69) is 10.7 Å². The van der Waals surface area contributed by atoms with Gasteiger partial charge in [-0.25, -0.2) is 4.39 Å². The van der Waals surface area contributed by atoms with Crippen molar-refractivity contribution in [2.24, 2.45) is 0 Å². The number of amides is 1. The molecule has 5 heteroatoms. The fourth-order valence-electron chi connectivity index (χ4n) is 3.02. The summed E-state index contributed by atoms with van der Waals surface area (Å²) in [5.74, 6) is -0.247. The Morgan fingerprint density at radius 3 is 2.50 bits per heavy atom. The van der Waals surface area contributed by atoms with Gasteiger partial charge in [-0.3, -0.25) is 4.79 Å². The van der Waals surface area contributed by atoms with E-state index in [9.17, 15) is 9.18 Å². The molecule has 122 valence electrons. The first kappa shape index (κ1) is 15.5. The van der Waals surface area contributed by atoms with Crippen molar-refractivity contribution in [2.45, 2.75) is 24.3 Å². The molecule has 1 aliphatic rings. The van der Waals surface area contributed by atoms with Gasteiger partial charge in [-0.15, -0.1) is 11.3 Å². The maximum Gasteiger partial charge on any atom is 0.231 e. The zero-order chi connectivity index (χ0) is 16.6. The van der Waals surface area contributed by atoms with E-state index in [0.29, 0.717) is 0 Å². The van der Waals surface area contributed by atoms with Crippen molar-refractivity contribution in [2.75, 3.05) is 0 Å². The second-order valence-electron chi connectivity index (χ2n) is 6.07. The van der Waals surface area contributed by atoms with Crippen LogP contribution in [-0.4, -0.2) is 5.91 Å². The van der Waals surface area contributed by atoms with Crippen LogP contribution in [0.5, 0.6) is 0 Å². The number of benzene rings is 1. The minimum Gasteiger partial charge on any atom is -0.344 e. The van der Waals surface area contributed by atoms with Crippen molar-refractivity contribution in [3.8, 4) is 0 Å². The predicted octanol–water partition coefficient (Wildman–Crippen LogP) is 4.89. The van der Waals surface area contributed by atoms with Crippen LogP contribution in [0.1, 0.15) is 34.9 Å². The SMILES string of the molecule is O=C(NC(c1ccsc1)c1cccs1)C1(c2ccc(F)cc2)CC1. The van der Waals surface area contributed by atoms with Crippen molar-refractivity contribution in [1.29, 1.82) is 0 Å². The van der Waals surface area contributed by atoms with Crippen molar-refractivity contribution in [1.82, 2.24) is 5.32 Å². The summed E-state index contributed by atoms with van der Waals surface area (Å²) >= 11 is 3.27. The van der Waals surface area contributed by atoms with Gasteiger partial charge < -0.3 is 5.32 Å². The van der Waals surface area contributed by atoms with Crippen LogP contribution in [0.4, 0.5) is 4.39 Å². The van der Waals surface area contributed by atoms with Crippen LogP contribution in [0.25, 0.3) is 0 Å². The van der Waals surface area contributed by atoms with Crippen molar-refractivity contribution in [3.05, 3.63) is 80.4 Å². The maximum atomic E-state index is 13.2. The molecule has 2 aromatic heterocycles. The third-order valence-corrected chi connectivity index (χ3v) is 6.20. The summed E-state index contributed by atoms with van der Waals surface area (Å²) in [5, 5.41) is 9.34. The summed E-state index contributed by atoms with van der Waals surface area (Å²) in [6.45, 7) is 0. The average Bonchev–Trinajstić information content (AvgIpc) is 3.02. The lowest BCUT2D eigenvalue weighted by molar-refractivity contribution is -0.124. The van der Waals surface area contributed by atoms with E-state index in [1.807, 2.05) is 29.0 Å². The highest BCUT2D eigenvalue weighted by Crippen LogP contribution is 2.49. The van der Waals surface area contributed by atoms with Gasteiger partial charge in [0, 0.05) is 4.88 Å². The predicted molar refractivity (Wildman–Crippen MR) is 95.9 cm³/mol. The van der Waals surface area contributed by atoms with Gasteiger partial charge in [-0.05, 0) is 64.4 Å². The van der Waals surface area contributed by atoms with Gasteiger partial charge >= 0.3 is 0 Å². The summed E-state index contributed by atoms with van der Waals surface area (Å²) < 4.78 is 13.2. The fourth-order valence-corrected chi connectivity index (χ4v) is 4.51. The first-order valence-corrected chi connectivity index (χ1v) is 9.64. The molecule has 4 rings (SSSR count). The van der Waals surface area contributed by atoms with Crippen LogP contribution in [0.15, 0.2) is 58.6 Å². The Balaban J connectivity index is 1.61. The van der Waals surface area contributed by atoms with Crippen LogP contribution in [0.2, 0.25) is 0 Å². The number of hydrogen-bond donors (Lipinski definition) is 1. The average molecular weight is 357 g/mol. The molecule has 1 atom stereocenters. The van der Waals surface area contributed by atoms with E-state index in [4.69, 9.17) is 0 Å². The monoisotopic (exact) mass is 357 g/mol. The van der Waals surface area contributed by atoms with Crippen molar-refractivity contribution < 1.29 is 9.18 Å². The van der Waals surface area contributed by atoms with Gasteiger partial charge in [-0.1, -0.05) is 18.2 Å². The topological polar surface area (TPSA) is 29.1 Å². The molecule has 1 saturated carbocycles. The standard InChI is InChI=1S/C19H16FNOS2/c20-15-5-3-14(4-6-15)19(8-9-19)18(22)21-17(13-7-11-23-12-13)16-2-1-10-24-16/h1-7,10-12,17H,8-9H2,(H,21,22). The van der Waals surface area contributed by atoms with Crippen LogP contribution in [0.3, 0.4) is 0 Å². The Kier molecular flexibility index (Phi) is 3.98. The molecule has 2 nitrogen and oxygen atoms in total. The molecule has 1 unspecified atom stereocenters. The normalized spacial score (nSPS) is 16.5. The molecule has 0 aliphatic heterocycles. The van der Waals surface area contributed by atoms with Crippen LogP contribution < -0.4 is 5.32 Å². The Bertz CT molecular complexity index is 787. The first-order chi connectivity index (χ1) is 11.7. The molecule has 0 saturated heterocycles. The van der Waals surface area contributed by atoms with Gasteiger partial charge in [0.2, 0.25) is 5.91 Å². The molecule has 2 heterocycles. The van der Waals surface area contributed by atoms with Crippen molar-refractivity contribution in [3.63, 3.8) is 0 Å². The first-order valence-electron chi connectivity index (χ1n) is 7.81. The van der Waals surface area contributed by atoms with Gasteiger partial charge in [0.15, 0.2) is 0 Å². The molecule has 0 spiro atoms. The fraction of sp³-hybridized carbons (Fsp3) is 0.211. The van der Waals surface area contributed by atoms with E-state index < -0.39 is 5.41 Å². The van der Waals surface area contributed by atoms with Crippen LogP contribution in [0, 0.1) is 5.82 Å². The number of carbonyl (C=O) groups is 1. The summed E-state index contributed by atoms with van der Waals surface area (Å²) in [4.78, 5) is 14.1. The number of carbonyl (C=O) groups excluding carboxylic acids is 1. The summed E-state index contributed by atoms with van der Waals surface area (Å²) in [7, 11) is 0. The molecular formula is C19H16FNOS2. The number of halogens is 1. The molecular weight excluding hydrogens is 341 g/mol. The Morgan fingerprint density at radius 1 is 1.12 bits per heavy atom. The van der Waals surface area contributed by atoms with Crippen LogP contribution in [-0.2, 0) is 10.2 Å². The minimum atomic E-state index is -0.501. The molecule has 0 bridgehead atoms. The lowest BCUT2D eigenvalue weighted by atomic mass is 9.94. The number of hydrogen-bond acceptors (Lipinski definition) is 3. The van der Waals surface area contributed by atoms with Gasteiger partial charge in [0.1, 0.15) is 5.82 Å². The number of nitrogens with one attached hydrogen (secondary N) is 1. The lowest BCUT2D eigenvalue weighted by Gasteiger charge is -2.22. The third-order valence-electron chi connectivity index (χ3n) is 4.56. The molecule has 0 radical (unpaired) electrons. The Morgan fingerprint density at radius 2 is 1.92 bits per heavy atom. The van der Waals surface area contributed by atoms with Gasteiger partial charge in [0.25, 0.3) is 0 Å².